The summed E-state index contributed by atoms with van der Waals surface area (Å²) in [5, 5.41) is 12.6. The van der Waals surface area contributed by atoms with Crippen molar-refractivity contribution in [3.63, 3.8) is 0 Å². The van der Waals surface area contributed by atoms with Crippen LogP contribution in [0.2, 0.25) is 0 Å². The van der Waals surface area contributed by atoms with Crippen molar-refractivity contribution in [1.82, 2.24) is 0 Å². The van der Waals surface area contributed by atoms with Gasteiger partial charge in [0.05, 0.1) is 19.2 Å². The van der Waals surface area contributed by atoms with E-state index in [1.807, 2.05) is 25.1 Å². The molecule has 1 aliphatic rings. The molecule has 0 aliphatic carbocycles. The normalized spacial score (nSPS) is 18.1. The molecule has 18 heavy (non-hydrogen) atoms. The second-order valence-corrected chi connectivity index (χ2v) is 4.25. The molecule has 1 aliphatic heterocycles. The van der Waals surface area contributed by atoms with Gasteiger partial charge in [0.25, 0.3) is 0 Å². The van der Waals surface area contributed by atoms with Crippen LogP contribution in [0.1, 0.15) is 24.0 Å². The average molecular weight is 249 g/mol. The standard InChI is InChI=1S/C13H15NO4/c1-8-5-9(3-4-12(8)17-2)11-6-10(18-14-11)7-13(15)16/h3-5,10H,6-7H2,1-2H3,(H,15,16). The van der Waals surface area contributed by atoms with Gasteiger partial charge in [-0.05, 0) is 36.2 Å². The van der Waals surface area contributed by atoms with E-state index in [1.54, 1.807) is 7.11 Å². The van der Waals surface area contributed by atoms with E-state index < -0.39 is 5.97 Å². The Morgan fingerprint density at radius 2 is 2.39 bits per heavy atom. The van der Waals surface area contributed by atoms with Gasteiger partial charge in [0, 0.05) is 6.42 Å². The Morgan fingerprint density at radius 1 is 1.61 bits per heavy atom. The number of hydrogen-bond acceptors (Lipinski definition) is 4. The molecule has 96 valence electrons. The molecule has 1 unspecified atom stereocenters. The topological polar surface area (TPSA) is 68.1 Å². The number of carbonyl (C=O) groups is 1. The van der Waals surface area contributed by atoms with Crippen LogP contribution >= 0.6 is 0 Å². The van der Waals surface area contributed by atoms with Crippen LogP contribution in [0, 0.1) is 6.92 Å². The second kappa shape index (κ2) is 5.08. The van der Waals surface area contributed by atoms with Crippen LogP contribution in [-0.4, -0.2) is 30.0 Å². The number of aryl methyl sites for hydroxylation is 1. The second-order valence-electron chi connectivity index (χ2n) is 4.25. The summed E-state index contributed by atoms with van der Waals surface area (Å²) >= 11 is 0. The molecule has 0 aromatic heterocycles. The number of benzene rings is 1. The number of ether oxygens (including phenoxy) is 1. The lowest BCUT2D eigenvalue weighted by atomic mass is 10.0. The van der Waals surface area contributed by atoms with Crippen molar-refractivity contribution in [2.45, 2.75) is 25.9 Å². The molecule has 0 saturated heterocycles. The molecule has 0 bridgehead atoms. The summed E-state index contributed by atoms with van der Waals surface area (Å²) < 4.78 is 5.19. The van der Waals surface area contributed by atoms with Gasteiger partial charge in [-0.3, -0.25) is 4.79 Å². The molecule has 1 heterocycles. The van der Waals surface area contributed by atoms with E-state index in [9.17, 15) is 4.79 Å². The van der Waals surface area contributed by atoms with Crippen molar-refractivity contribution in [1.29, 1.82) is 0 Å². The number of nitrogens with zero attached hydrogens (tertiary/aromatic N) is 1. The largest absolute Gasteiger partial charge is 0.496 e. The van der Waals surface area contributed by atoms with E-state index in [4.69, 9.17) is 14.7 Å². The Morgan fingerprint density at radius 3 is 3.00 bits per heavy atom. The number of methoxy groups -OCH3 is 1. The van der Waals surface area contributed by atoms with Gasteiger partial charge in [-0.15, -0.1) is 0 Å². The van der Waals surface area contributed by atoms with Gasteiger partial charge in [0.2, 0.25) is 0 Å². The van der Waals surface area contributed by atoms with Crippen LogP contribution in [0.3, 0.4) is 0 Å². The third kappa shape index (κ3) is 2.61. The maximum absolute atomic E-state index is 10.6. The molecule has 0 saturated carbocycles. The van der Waals surface area contributed by atoms with E-state index in [-0.39, 0.29) is 12.5 Å². The van der Waals surface area contributed by atoms with Gasteiger partial charge in [0.1, 0.15) is 11.9 Å². The molecule has 1 aromatic rings. The predicted octanol–water partition coefficient (Wildman–Crippen LogP) is 1.97. The Hall–Kier alpha value is -2.04. The van der Waals surface area contributed by atoms with Gasteiger partial charge < -0.3 is 14.7 Å². The van der Waals surface area contributed by atoms with Crippen LogP contribution in [0.4, 0.5) is 0 Å². The van der Waals surface area contributed by atoms with Crippen LogP contribution in [0.5, 0.6) is 5.75 Å². The van der Waals surface area contributed by atoms with Crippen molar-refractivity contribution in [2.75, 3.05) is 7.11 Å². The molecule has 1 N–H and O–H groups in total. The molecule has 0 amide bonds. The lowest BCUT2D eigenvalue weighted by Crippen LogP contribution is -2.13. The fourth-order valence-electron chi connectivity index (χ4n) is 1.96. The van der Waals surface area contributed by atoms with E-state index in [0.29, 0.717) is 6.42 Å². The van der Waals surface area contributed by atoms with Crippen molar-refractivity contribution in [3.05, 3.63) is 29.3 Å². The van der Waals surface area contributed by atoms with Gasteiger partial charge in [-0.1, -0.05) is 5.16 Å². The van der Waals surface area contributed by atoms with Crippen LogP contribution < -0.4 is 4.74 Å². The SMILES string of the molecule is COc1ccc(C2=NOC(CC(=O)O)C2)cc1C. The van der Waals surface area contributed by atoms with Crippen molar-refractivity contribution in [3.8, 4) is 5.75 Å². The lowest BCUT2D eigenvalue weighted by molar-refractivity contribution is -0.139. The lowest BCUT2D eigenvalue weighted by Gasteiger charge is -2.06. The summed E-state index contributed by atoms with van der Waals surface area (Å²) in [5.41, 5.74) is 2.74. The summed E-state index contributed by atoms with van der Waals surface area (Å²) in [6.07, 6.45) is 0.139. The first-order valence-corrected chi connectivity index (χ1v) is 5.69. The van der Waals surface area contributed by atoms with Gasteiger partial charge in [-0.2, -0.15) is 0 Å². The Bertz CT molecular complexity index is 496. The molecule has 5 heteroatoms. The minimum Gasteiger partial charge on any atom is -0.496 e. The molecular formula is C13H15NO4. The van der Waals surface area contributed by atoms with Crippen LogP contribution in [0.15, 0.2) is 23.4 Å². The molecule has 5 nitrogen and oxygen atoms in total. The summed E-state index contributed by atoms with van der Waals surface area (Å²) in [6.45, 7) is 1.95. The number of rotatable bonds is 4. The number of oxime groups is 1. The van der Waals surface area contributed by atoms with Crippen molar-refractivity contribution in [2.24, 2.45) is 5.16 Å². The average Bonchev–Trinajstić information content (AvgIpc) is 2.76. The fourth-order valence-corrected chi connectivity index (χ4v) is 1.96. The minimum atomic E-state index is -0.873. The van der Waals surface area contributed by atoms with E-state index >= 15 is 0 Å². The molecule has 0 spiro atoms. The highest BCUT2D eigenvalue weighted by Crippen LogP contribution is 2.23. The first-order valence-electron chi connectivity index (χ1n) is 5.69. The highest BCUT2D eigenvalue weighted by atomic mass is 16.6. The highest BCUT2D eigenvalue weighted by Gasteiger charge is 2.24. The zero-order chi connectivity index (χ0) is 13.1. The fraction of sp³-hybridized carbons (Fsp3) is 0.385. The number of carboxylic acids is 1. The molecular weight excluding hydrogens is 234 g/mol. The summed E-state index contributed by atoms with van der Waals surface area (Å²) in [5.74, 6) is -0.0530. The maximum Gasteiger partial charge on any atom is 0.307 e. The Labute approximate surface area is 105 Å². The van der Waals surface area contributed by atoms with Gasteiger partial charge >= 0.3 is 5.97 Å². The zero-order valence-corrected chi connectivity index (χ0v) is 10.3. The summed E-state index contributed by atoms with van der Waals surface area (Å²) in [4.78, 5) is 15.7. The van der Waals surface area contributed by atoms with E-state index in [1.165, 1.54) is 0 Å². The third-order valence-electron chi connectivity index (χ3n) is 2.86. The molecule has 1 atom stereocenters. The monoisotopic (exact) mass is 249 g/mol. The number of hydrogen-bond donors (Lipinski definition) is 1. The predicted molar refractivity (Wildman–Crippen MR) is 66.0 cm³/mol. The van der Waals surface area contributed by atoms with Gasteiger partial charge in [0.15, 0.2) is 0 Å². The Balaban J connectivity index is 2.10. The summed E-state index contributed by atoms with van der Waals surface area (Å²) in [7, 11) is 1.63. The smallest absolute Gasteiger partial charge is 0.307 e. The summed E-state index contributed by atoms with van der Waals surface area (Å²) in [6, 6.07) is 5.74. The maximum atomic E-state index is 10.6. The van der Waals surface area contributed by atoms with Gasteiger partial charge in [-0.25, -0.2) is 0 Å². The van der Waals surface area contributed by atoms with Crippen molar-refractivity contribution < 1.29 is 19.5 Å². The van der Waals surface area contributed by atoms with Crippen LogP contribution in [-0.2, 0) is 9.63 Å². The molecule has 0 fully saturated rings. The molecule has 1 aromatic carbocycles. The molecule has 2 rings (SSSR count). The van der Waals surface area contributed by atoms with Crippen molar-refractivity contribution >= 4 is 11.7 Å². The third-order valence-corrected chi connectivity index (χ3v) is 2.86. The van der Waals surface area contributed by atoms with Crippen LogP contribution in [0.25, 0.3) is 0 Å². The Kier molecular flexibility index (Phi) is 3.50. The molecule has 0 radical (unpaired) electrons. The highest BCUT2D eigenvalue weighted by molar-refractivity contribution is 6.01. The number of aliphatic carboxylic acids is 1. The van der Waals surface area contributed by atoms with E-state index in [0.717, 1.165) is 22.6 Å². The minimum absolute atomic E-state index is 0.0257. The first kappa shape index (κ1) is 12.4. The quantitative estimate of drug-likeness (QED) is 0.885. The van der Waals surface area contributed by atoms with E-state index in [2.05, 4.69) is 5.16 Å². The number of carboxylic acid groups (broad SMARTS) is 1. The zero-order valence-electron chi connectivity index (χ0n) is 10.3. The first-order chi connectivity index (χ1) is 8.60.